The molecule has 1 unspecified atom stereocenters. The first-order chi connectivity index (χ1) is 9.26. The van der Waals surface area contributed by atoms with Crippen LogP contribution in [0.15, 0.2) is 24.3 Å². The highest BCUT2D eigenvalue weighted by atomic mass is 16.3. The summed E-state index contributed by atoms with van der Waals surface area (Å²) in [5.41, 5.74) is 1.75. The van der Waals surface area contributed by atoms with Crippen LogP contribution in [-0.4, -0.2) is 36.2 Å². The predicted molar refractivity (Wildman–Crippen MR) is 77.0 cm³/mol. The van der Waals surface area contributed by atoms with E-state index in [1.165, 1.54) is 37.9 Å². The van der Waals surface area contributed by atoms with Gasteiger partial charge in [-0.3, -0.25) is 4.90 Å². The highest BCUT2D eigenvalue weighted by Gasteiger charge is 2.32. The average molecular weight is 260 g/mol. The molecule has 2 heterocycles. The number of nitrogens with zero attached hydrogens (tertiary/aromatic N) is 1. The third-order valence-corrected chi connectivity index (χ3v) is 4.45. The lowest BCUT2D eigenvalue weighted by Crippen LogP contribution is -2.30. The van der Waals surface area contributed by atoms with E-state index in [4.69, 9.17) is 0 Å². The number of β-amino-alcohol motifs (C(OH)–C–C–N with tert-alkyl or cyclic N) is 1. The predicted octanol–water partition coefficient (Wildman–Crippen LogP) is 1.85. The minimum absolute atomic E-state index is 0.655. The van der Waals surface area contributed by atoms with Gasteiger partial charge in [0.05, 0.1) is 0 Å². The van der Waals surface area contributed by atoms with Gasteiger partial charge in [-0.25, -0.2) is 0 Å². The normalized spacial score (nSPS) is 28.7. The topological polar surface area (TPSA) is 35.5 Å². The number of likely N-dealkylation sites (tertiary alicyclic amines) is 1. The molecule has 19 heavy (non-hydrogen) atoms. The largest absolute Gasteiger partial charge is 0.384 e. The zero-order valence-electron chi connectivity index (χ0n) is 11.6. The Balaban J connectivity index is 1.72. The van der Waals surface area contributed by atoms with Gasteiger partial charge in [-0.15, -0.1) is 0 Å². The third kappa shape index (κ3) is 2.99. The molecule has 2 fully saturated rings. The van der Waals surface area contributed by atoms with Crippen molar-refractivity contribution in [2.24, 2.45) is 0 Å². The van der Waals surface area contributed by atoms with Gasteiger partial charge in [-0.2, -0.15) is 0 Å². The second kappa shape index (κ2) is 5.61. The van der Waals surface area contributed by atoms with Crippen molar-refractivity contribution >= 4 is 0 Å². The molecule has 3 nitrogen and oxygen atoms in total. The van der Waals surface area contributed by atoms with E-state index in [0.717, 1.165) is 25.1 Å². The van der Waals surface area contributed by atoms with Gasteiger partial charge >= 0.3 is 0 Å². The monoisotopic (exact) mass is 260 g/mol. The van der Waals surface area contributed by atoms with E-state index >= 15 is 0 Å². The molecule has 3 heteroatoms. The van der Waals surface area contributed by atoms with E-state index in [-0.39, 0.29) is 0 Å². The lowest BCUT2D eigenvalue weighted by Gasteiger charge is -2.27. The Kier molecular flexibility index (Phi) is 3.87. The van der Waals surface area contributed by atoms with Crippen LogP contribution in [0.4, 0.5) is 0 Å². The summed E-state index contributed by atoms with van der Waals surface area (Å²) in [5.74, 6) is 0. The molecule has 0 bridgehead atoms. The first-order valence-corrected chi connectivity index (χ1v) is 7.51. The molecule has 1 aromatic rings. The van der Waals surface area contributed by atoms with Gasteiger partial charge in [0.2, 0.25) is 0 Å². The molecule has 0 amide bonds. The zero-order valence-corrected chi connectivity index (χ0v) is 11.6. The molecule has 0 saturated carbocycles. The van der Waals surface area contributed by atoms with Crippen molar-refractivity contribution in [2.45, 2.75) is 37.8 Å². The van der Waals surface area contributed by atoms with Gasteiger partial charge in [-0.05, 0) is 50.0 Å². The molecule has 2 aliphatic rings. The summed E-state index contributed by atoms with van der Waals surface area (Å²) < 4.78 is 0. The van der Waals surface area contributed by atoms with Crippen LogP contribution in [0.25, 0.3) is 0 Å². The lowest BCUT2D eigenvalue weighted by atomic mass is 9.91. The molecule has 0 aromatic heterocycles. The van der Waals surface area contributed by atoms with Crippen LogP contribution in [0.1, 0.15) is 36.8 Å². The maximum atomic E-state index is 10.6. The Bertz CT molecular complexity index is 421. The lowest BCUT2D eigenvalue weighted by molar-refractivity contribution is 0.0586. The Hall–Kier alpha value is -0.900. The smallest absolute Gasteiger partial charge is 0.103 e. The summed E-state index contributed by atoms with van der Waals surface area (Å²) in [4.78, 5) is 2.53. The molecular formula is C16H24N2O. The van der Waals surface area contributed by atoms with Gasteiger partial charge in [-0.1, -0.05) is 30.7 Å². The summed E-state index contributed by atoms with van der Waals surface area (Å²) in [6.45, 7) is 5.05. The number of hydrogen-bond acceptors (Lipinski definition) is 3. The molecule has 2 saturated heterocycles. The van der Waals surface area contributed by atoms with Crippen LogP contribution in [-0.2, 0) is 12.1 Å². The number of piperidine rings is 1. The van der Waals surface area contributed by atoms with E-state index in [1.54, 1.807) is 0 Å². The number of rotatable bonds is 3. The van der Waals surface area contributed by atoms with Gasteiger partial charge in [0.15, 0.2) is 0 Å². The van der Waals surface area contributed by atoms with E-state index in [1.807, 2.05) is 0 Å². The summed E-state index contributed by atoms with van der Waals surface area (Å²) >= 11 is 0. The van der Waals surface area contributed by atoms with Gasteiger partial charge in [0, 0.05) is 13.1 Å². The van der Waals surface area contributed by atoms with Crippen LogP contribution in [0.5, 0.6) is 0 Å². The van der Waals surface area contributed by atoms with Gasteiger partial charge < -0.3 is 10.4 Å². The van der Waals surface area contributed by atoms with E-state index in [0.29, 0.717) is 6.54 Å². The second-order valence-corrected chi connectivity index (χ2v) is 6.00. The van der Waals surface area contributed by atoms with E-state index in [9.17, 15) is 5.11 Å². The van der Waals surface area contributed by atoms with Crippen molar-refractivity contribution in [2.75, 3.05) is 26.2 Å². The number of nitrogens with one attached hydrogen (secondary N) is 1. The molecule has 2 N–H and O–H groups in total. The quantitative estimate of drug-likeness (QED) is 0.870. The molecular weight excluding hydrogens is 236 g/mol. The van der Waals surface area contributed by atoms with Gasteiger partial charge in [0.1, 0.15) is 5.60 Å². The molecule has 0 aliphatic carbocycles. The van der Waals surface area contributed by atoms with E-state index < -0.39 is 5.60 Å². The Morgan fingerprint density at radius 1 is 1.21 bits per heavy atom. The molecule has 104 valence electrons. The van der Waals surface area contributed by atoms with Gasteiger partial charge in [0.25, 0.3) is 0 Å². The maximum Gasteiger partial charge on any atom is 0.103 e. The standard InChI is InChI=1S/C16H24N2O/c19-16(7-8-17-13-16)15-6-4-5-14(11-15)12-18-9-2-1-3-10-18/h4-6,11,17,19H,1-3,7-10,12-13H2. The van der Waals surface area contributed by atoms with Crippen LogP contribution >= 0.6 is 0 Å². The van der Waals surface area contributed by atoms with Crippen LogP contribution in [0.2, 0.25) is 0 Å². The minimum atomic E-state index is -0.655. The summed E-state index contributed by atoms with van der Waals surface area (Å²) in [5, 5.41) is 13.9. The van der Waals surface area contributed by atoms with Crippen LogP contribution in [0.3, 0.4) is 0 Å². The zero-order chi connectivity index (χ0) is 13.1. The van der Waals surface area contributed by atoms with E-state index in [2.05, 4.69) is 34.5 Å². The van der Waals surface area contributed by atoms with Crippen LogP contribution in [0, 0.1) is 0 Å². The maximum absolute atomic E-state index is 10.6. The Labute approximate surface area is 115 Å². The van der Waals surface area contributed by atoms with Crippen molar-refractivity contribution in [1.29, 1.82) is 0 Å². The second-order valence-electron chi connectivity index (χ2n) is 6.00. The summed E-state index contributed by atoms with van der Waals surface area (Å²) in [7, 11) is 0. The number of aliphatic hydroxyl groups is 1. The van der Waals surface area contributed by atoms with Crippen molar-refractivity contribution in [3.63, 3.8) is 0 Å². The summed E-state index contributed by atoms with van der Waals surface area (Å²) in [6.07, 6.45) is 4.85. The SMILES string of the molecule is OC1(c2cccc(CN3CCCCC3)c2)CCNC1. The van der Waals surface area contributed by atoms with Crippen molar-refractivity contribution in [3.8, 4) is 0 Å². The molecule has 1 aromatic carbocycles. The van der Waals surface area contributed by atoms with Crippen molar-refractivity contribution < 1.29 is 5.11 Å². The molecule has 0 spiro atoms. The first-order valence-electron chi connectivity index (χ1n) is 7.51. The van der Waals surface area contributed by atoms with Crippen molar-refractivity contribution in [3.05, 3.63) is 35.4 Å². The first kappa shape index (κ1) is 13.1. The highest BCUT2D eigenvalue weighted by Crippen LogP contribution is 2.28. The number of hydrogen-bond donors (Lipinski definition) is 2. The molecule has 2 aliphatic heterocycles. The third-order valence-electron chi connectivity index (χ3n) is 4.45. The minimum Gasteiger partial charge on any atom is -0.384 e. The number of benzene rings is 1. The molecule has 0 radical (unpaired) electrons. The molecule has 3 rings (SSSR count). The highest BCUT2D eigenvalue weighted by molar-refractivity contribution is 5.29. The fourth-order valence-corrected chi connectivity index (χ4v) is 3.26. The molecule has 1 atom stereocenters. The summed E-state index contributed by atoms with van der Waals surface area (Å²) in [6, 6.07) is 8.53. The Morgan fingerprint density at radius 3 is 2.79 bits per heavy atom. The average Bonchev–Trinajstić information content (AvgIpc) is 2.89. The Morgan fingerprint density at radius 2 is 2.05 bits per heavy atom. The van der Waals surface area contributed by atoms with Crippen molar-refractivity contribution in [1.82, 2.24) is 10.2 Å². The fraction of sp³-hybridized carbons (Fsp3) is 0.625. The van der Waals surface area contributed by atoms with Crippen LogP contribution < -0.4 is 5.32 Å². The fourth-order valence-electron chi connectivity index (χ4n) is 3.26.